The van der Waals surface area contributed by atoms with Crippen molar-refractivity contribution in [3.63, 3.8) is 0 Å². The molecule has 0 saturated carbocycles. The van der Waals surface area contributed by atoms with Gasteiger partial charge >= 0.3 is 18.0 Å². The molecule has 1 amide bonds. The van der Waals surface area contributed by atoms with Crippen LogP contribution >= 0.6 is 0 Å². The van der Waals surface area contributed by atoms with E-state index in [4.69, 9.17) is 4.74 Å². The van der Waals surface area contributed by atoms with Crippen molar-refractivity contribution in [3.8, 4) is 0 Å². The van der Waals surface area contributed by atoms with E-state index >= 15 is 0 Å². The third-order valence-corrected chi connectivity index (χ3v) is 1.78. The SMILES string of the molecule is COC(=O)C[C@H](NC(=O)OC(C)(C)C)C(=O)OC. The van der Waals surface area contributed by atoms with Gasteiger partial charge < -0.3 is 19.5 Å². The Labute approximate surface area is 106 Å². The summed E-state index contributed by atoms with van der Waals surface area (Å²) in [6.45, 7) is 5.04. The molecule has 7 nitrogen and oxygen atoms in total. The molecule has 0 aliphatic carbocycles. The van der Waals surface area contributed by atoms with Crippen molar-refractivity contribution >= 4 is 18.0 Å². The van der Waals surface area contributed by atoms with Gasteiger partial charge in [0.25, 0.3) is 0 Å². The third kappa shape index (κ3) is 6.72. The van der Waals surface area contributed by atoms with E-state index in [1.165, 1.54) is 7.11 Å². The maximum atomic E-state index is 11.5. The monoisotopic (exact) mass is 261 g/mol. The highest BCUT2D eigenvalue weighted by molar-refractivity contribution is 5.86. The summed E-state index contributed by atoms with van der Waals surface area (Å²) in [5, 5.41) is 2.25. The van der Waals surface area contributed by atoms with Crippen molar-refractivity contribution in [2.24, 2.45) is 0 Å². The summed E-state index contributed by atoms with van der Waals surface area (Å²) in [5.41, 5.74) is -0.698. The molecule has 18 heavy (non-hydrogen) atoms. The predicted octanol–water partition coefficient (Wildman–Crippen LogP) is 0.616. The normalized spacial score (nSPS) is 12.3. The van der Waals surface area contributed by atoms with Gasteiger partial charge in [-0.3, -0.25) is 4.79 Å². The topological polar surface area (TPSA) is 90.9 Å². The summed E-state index contributed by atoms with van der Waals surface area (Å²) in [6, 6.07) is -1.13. The van der Waals surface area contributed by atoms with Crippen LogP contribution in [-0.2, 0) is 23.8 Å². The minimum atomic E-state index is -1.13. The van der Waals surface area contributed by atoms with Crippen molar-refractivity contribution < 1.29 is 28.6 Å². The molecule has 0 fully saturated rings. The number of rotatable bonds is 4. The highest BCUT2D eigenvalue weighted by Gasteiger charge is 2.27. The van der Waals surface area contributed by atoms with Crippen molar-refractivity contribution in [2.75, 3.05) is 14.2 Å². The Morgan fingerprint density at radius 1 is 1.11 bits per heavy atom. The first-order chi connectivity index (χ1) is 8.19. The van der Waals surface area contributed by atoms with E-state index in [1.54, 1.807) is 20.8 Å². The molecule has 7 heteroatoms. The summed E-state index contributed by atoms with van der Waals surface area (Å²) in [7, 11) is 2.34. The Balaban J connectivity index is 4.55. The zero-order chi connectivity index (χ0) is 14.3. The molecular formula is C11H19NO6. The summed E-state index contributed by atoms with van der Waals surface area (Å²) in [6.07, 6.45) is -1.12. The molecule has 1 atom stereocenters. The number of nitrogens with one attached hydrogen (secondary N) is 1. The number of amides is 1. The van der Waals surface area contributed by atoms with Crippen LogP contribution in [-0.4, -0.2) is 43.9 Å². The second-order valence-corrected chi connectivity index (χ2v) is 4.50. The van der Waals surface area contributed by atoms with Crippen LogP contribution in [0, 0.1) is 0 Å². The molecule has 0 aromatic rings. The van der Waals surface area contributed by atoms with Gasteiger partial charge in [-0.15, -0.1) is 0 Å². The van der Waals surface area contributed by atoms with E-state index in [9.17, 15) is 14.4 Å². The minimum Gasteiger partial charge on any atom is -0.469 e. The molecule has 0 unspecified atom stereocenters. The van der Waals surface area contributed by atoms with E-state index in [-0.39, 0.29) is 6.42 Å². The van der Waals surface area contributed by atoms with Crippen LogP contribution in [0.5, 0.6) is 0 Å². The first kappa shape index (κ1) is 16.2. The molecule has 0 aromatic heterocycles. The third-order valence-electron chi connectivity index (χ3n) is 1.78. The van der Waals surface area contributed by atoms with E-state index in [1.807, 2.05) is 0 Å². The van der Waals surface area contributed by atoms with Gasteiger partial charge in [0.05, 0.1) is 20.6 Å². The van der Waals surface area contributed by atoms with Crippen LogP contribution in [0.15, 0.2) is 0 Å². The summed E-state index contributed by atoms with van der Waals surface area (Å²) in [5.74, 6) is -1.38. The first-order valence-electron chi connectivity index (χ1n) is 5.33. The second-order valence-electron chi connectivity index (χ2n) is 4.50. The van der Waals surface area contributed by atoms with Crippen molar-refractivity contribution in [3.05, 3.63) is 0 Å². The second kappa shape index (κ2) is 6.83. The number of carbonyl (C=O) groups excluding carboxylic acids is 3. The lowest BCUT2D eigenvalue weighted by atomic mass is 10.2. The number of alkyl carbamates (subject to hydrolysis) is 1. The van der Waals surface area contributed by atoms with E-state index in [0.29, 0.717) is 0 Å². The van der Waals surface area contributed by atoms with Crippen LogP contribution < -0.4 is 5.32 Å². The average Bonchev–Trinajstić information content (AvgIpc) is 2.24. The maximum absolute atomic E-state index is 11.5. The van der Waals surface area contributed by atoms with Crippen LogP contribution in [0.2, 0.25) is 0 Å². The highest BCUT2D eigenvalue weighted by atomic mass is 16.6. The van der Waals surface area contributed by atoms with Gasteiger partial charge in [-0.1, -0.05) is 0 Å². The zero-order valence-corrected chi connectivity index (χ0v) is 11.2. The summed E-state index contributed by atoms with van der Waals surface area (Å²) >= 11 is 0. The molecule has 0 aromatic carbocycles. The lowest BCUT2D eigenvalue weighted by molar-refractivity contribution is -0.149. The number of esters is 2. The van der Waals surface area contributed by atoms with Gasteiger partial charge in [-0.05, 0) is 20.8 Å². The number of hydrogen-bond acceptors (Lipinski definition) is 6. The van der Waals surface area contributed by atoms with Gasteiger partial charge in [-0.2, -0.15) is 0 Å². The lowest BCUT2D eigenvalue weighted by Gasteiger charge is -2.22. The fourth-order valence-electron chi connectivity index (χ4n) is 1.04. The van der Waals surface area contributed by atoms with Gasteiger partial charge in [0.1, 0.15) is 11.6 Å². The molecule has 0 heterocycles. The lowest BCUT2D eigenvalue weighted by Crippen LogP contribution is -2.45. The molecule has 0 aliphatic heterocycles. The molecule has 0 spiro atoms. The number of methoxy groups -OCH3 is 2. The Morgan fingerprint density at radius 2 is 1.67 bits per heavy atom. The molecule has 0 saturated heterocycles. The quantitative estimate of drug-likeness (QED) is 0.589. The molecule has 1 N–H and O–H groups in total. The molecule has 0 radical (unpaired) electrons. The Kier molecular flexibility index (Phi) is 6.15. The Hall–Kier alpha value is -1.79. The van der Waals surface area contributed by atoms with E-state index in [2.05, 4.69) is 14.8 Å². The highest BCUT2D eigenvalue weighted by Crippen LogP contribution is 2.07. The van der Waals surface area contributed by atoms with Crippen LogP contribution in [0.25, 0.3) is 0 Å². The molecule has 104 valence electrons. The number of carbonyl (C=O) groups is 3. The number of hydrogen-bond donors (Lipinski definition) is 1. The fraction of sp³-hybridized carbons (Fsp3) is 0.727. The number of ether oxygens (including phenoxy) is 3. The van der Waals surface area contributed by atoms with Gasteiger partial charge in [0.2, 0.25) is 0 Å². The fourth-order valence-corrected chi connectivity index (χ4v) is 1.04. The molecule has 0 rings (SSSR count). The zero-order valence-electron chi connectivity index (χ0n) is 11.2. The summed E-state index contributed by atoms with van der Waals surface area (Å²) < 4.78 is 13.9. The van der Waals surface area contributed by atoms with Gasteiger partial charge in [0, 0.05) is 0 Å². The van der Waals surface area contributed by atoms with E-state index in [0.717, 1.165) is 7.11 Å². The molecule has 0 bridgehead atoms. The standard InChI is InChI=1S/C11H19NO6/c1-11(2,3)18-10(15)12-7(9(14)17-5)6-8(13)16-4/h7H,6H2,1-5H3,(H,12,15)/t7-/m0/s1. The molecule has 0 aliphatic rings. The minimum absolute atomic E-state index is 0.317. The molecular weight excluding hydrogens is 242 g/mol. The van der Waals surface area contributed by atoms with E-state index < -0.39 is 29.7 Å². The smallest absolute Gasteiger partial charge is 0.408 e. The largest absolute Gasteiger partial charge is 0.469 e. The van der Waals surface area contributed by atoms with Gasteiger partial charge in [0.15, 0.2) is 0 Å². The van der Waals surface area contributed by atoms with Crippen molar-refractivity contribution in [2.45, 2.75) is 38.8 Å². The van der Waals surface area contributed by atoms with Crippen LogP contribution in [0.4, 0.5) is 4.79 Å². The summed E-state index contributed by atoms with van der Waals surface area (Å²) in [4.78, 5) is 33.9. The van der Waals surface area contributed by atoms with Gasteiger partial charge in [-0.25, -0.2) is 9.59 Å². The van der Waals surface area contributed by atoms with Crippen molar-refractivity contribution in [1.82, 2.24) is 5.32 Å². The van der Waals surface area contributed by atoms with Crippen molar-refractivity contribution in [1.29, 1.82) is 0 Å². The first-order valence-corrected chi connectivity index (χ1v) is 5.33. The van der Waals surface area contributed by atoms with Crippen LogP contribution in [0.3, 0.4) is 0 Å². The predicted molar refractivity (Wildman–Crippen MR) is 61.8 cm³/mol. The van der Waals surface area contributed by atoms with Crippen LogP contribution in [0.1, 0.15) is 27.2 Å². The Morgan fingerprint density at radius 3 is 2.06 bits per heavy atom. The maximum Gasteiger partial charge on any atom is 0.408 e. The Bertz CT molecular complexity index is 320. The average molecular weight is 261 g/mol.